The number of para-hydroxylation sites is 1. The van der Waals surface area contributed by atoms with E-state index >= 15 is 4.39 Å². The van der Waals surface area contributed by atoms with Crippen LogP contribution in [0, 0.1) is 17.7 Å². The minimum Gasteiger partial charge on any atom is -0.357 e. The lowest BCUT2D eigenvalue weighted by Gasteiger charge is -2.41. The molecule has 1 N–H and O–H groups in total. The van der Waals surface area contributed by atoms with E-state index < -0.39 is 48.1 Å². The molecule has 4 aromatic rings. The Morgan fingerprint density at radius 3 is 2.29 bits per heavy atom. The van der Waals surface area contributed by atoms with Crippen molar-refractivity contribution < 1.29 is 37.1 Å². The van der Waals surface area contributed by atoms with Crippen LogP contribution in [-0.2, 0) is 33.9 Å². The number of imide groups is 1. The molecule has 6 aliphatic rings. The van der Waals surface area contributed by atoms with Gasteiger partial charge in [-0.2, -0.15) is 0 Å². The highest BCUT2D eigenvalue weighted by Gasteiger charge is 2.46. The largest absolute Gasteiger partial charge is 0.357 e. The molecule has 63 heavy (non-hydrogen) atoms. The lowest BCUT2D eigenvalue weighted by molar-refractivity contribution is -0.128. The van der Waals surface area contributed by atoms with E-state index in [2.05, 4.69) is 19.9 Å². The minimum atomic E-state index is -2.99. The van der Waals surface area contributed by atoms with Crippen molar-refractivity contribution in [1.82, 2.24) is 24.7 Å². The van der Waals surface area contributed by atoms with Gasteiger partial charge in [0.25, 0.3) is 23.6 Å². The molecule has 3 amide bonds. The van der Waals surface area contributed by atoms with Gasteiger partial charge in [0.2, 0.25) is 0 Å². The molecule has 1 fully saturated rings. The number of aliphatic imine (C=N–C) groups is 1. The lowest BCUT2D eigenvalue weighted by Crippen LogP contribution is -2.47. The third kappa shape index (κ3) is 7.48. The van der Waals surface area contributed by atoms with Gasteiger partial charge in [0.1, 0.15) is 17.6 Å². The highest BCUT2D eigenvalue weighted by Crippen LogP contribution is 2.44. The molecule has 2 unspecified atom stereocenters. The fourth-order valence-corrected chi connectivity index (χ4v) is 11.3. The molecule has 0 saturated heterocycles. The van der Waals surface area contributed by atoms with Crippen LogP contribution in [0.1, 0.15) is 132 Å². The van der Waals surface area contributed by atoms with E-state index in [9.17, 15) is 32.8 Å². The zero-order valence-electron chi connectivity index (χ0n) is 35.3. The first-order valence-electron chi connectivity index (χ1n) is 22.2. The molecule has 4 atom stereocenters. The van der Waals surface area contributed by atoms with Gasteiger partial charge in [-0.05, 0) is 117 Å². The first-order valence-corrected chi connectivity index (χ1v) is 22.2. The number of ketones is 2. The van der Waals surface area contributed by atoms with E-state index in [1.165, 1.54) is 6.07 Å². The Hall–Kier alpha value is -5.60. The van der Waals surface area contributed by atoms with Crippen molar-refractivity contribution in [2.45, 2.75) is 121 Å². The fraction of sp³-hybridized carbons (Fsp3) is 0.449. The molecular weight excluding hydrogens is 810 g/mol. The summed E-state index contributed by atoms with van der Waals surface area (Å²) in [4.78, 5) is 82.0. The number of nitrogens with one attached hydrogen (secondary N) is 1. The van der Waals surface area contributed by atoms with Crippen molar-refractivity contribution in [2.75, 3.05) is 6.54 Å². The van der Waals surface area contributed by atoms with Gasteiger partial charge in [-0.1, -0.05) is 24.3 Å². The molecule has 10 rings (SSSR count). The van der Waals surface area contributed by atoms with Crippen molar-refractivity contribution in [3.63, 3.8) is 0 Å². The van der Waals surface area contributed by atoms with Gasteiger partial charge in [0, 0.05) is 73.1 Å². The number of halogens is 3. The minimum absolute atomic E-state index is 0.0332. The maximum absolute atomic E-state index is 16.3. The Morgan fingerprint density at radius 1 is 0.905 bits per heavy atom. The molecule has 326 valence electrons. The van der Waals surface area contributed by atoms with Crippen LogP contribution in [0.15, 0.2) is 59.7 Å². The highest BCUT2D eigenvalue weighted by atomic mass is 19.3. The molecule has 6 heterocycles. The second-order valence-corrected chi connectivity index (χ2v) is 18.6. The van der Waals surface area contributed by atoms with Crippen LogP contribution in [0.3, 0.4) is 0 Å². The zero-order valence-corrected chi connectivity index (χ0v) is 35.3. The normalized spacial score (nSPS) is 26.8. The standard InChI is InChI=1S/C49H49F3N6O5/c1-26-17-36-35-5-3-4-6-40(35)55-42(36)44(57(26)25-49(2,51)52)43-39(50)20-30(21-53-43)27-7-9-28(10-8-27)45(60)29-11-13-33(14-12-29)56-23-31-18-37-38(19-32(31)24-56)48(63)58(47(37)62)41-16-15-34(59)22-54-46(41)61/h3-7,18-22,26,28-29,33,41,44,55H,8-17,23-25H2,1-2H3/t26-,28?,29?,33?,41?,44+/m1/s1. The van der Waals surface area contributed by atoms with E-state index in [-0.39, 0.29) is 65.1 Å². The maximum atomic E-state index is 16.3. The predicted octanol–water partition coefficient (Wildman–Crippen LogP) is 7.95. The van der Waals surface area contributed by atoms with Crippen molar-refractivity contribution in [2.24, 2.45) is 16.8 Å². The average Bonchev–Trinajstić information content (AvgIpc) is 3.89. The van der Waals surface area contributed by atoms with Crippen molar-refractivity contribution in [3.05, 3.63) is 105 Å². The van der Waals surface area contributed by atoms with Crippen molar-refractivity contribution in [1.29, 1.82) is 0 Å². The number of hydrogen-bond donors (Lipinski definition) is 1. The Kier molecular flexibility index (Phi) is 10.4. The molecule has 0 radical (unpaired) electrons. The Balaban J connectivity index is 0.767. The maximum Gasteiger partial charge on any atom is 0.269 e. The number of rotatable bonds is 8. The number of nitrogens with zero attached hydrogens (tertiary/aromatic N) is 5. The van der Waals surface area contributed by atoms with Gasteiger partial charge >= 0.3 is 0 Å². The molecule has 11 nitrogen and oxygen atoms in total. The van der Waals surface area contributed by atoms with Gasteiger partial charge in [-0.3, -0.25) is 43.7 Å². The number of allylic oxidation sites excluding steroid dienone is 2. The number of carbonyl (C=O) groups is 5. The van der Waals surface area contributed by atoms with Gasteiger partial charge in [0.15, 0.2) is 5.78 Å². The lowest BCUT2D eigenvalue weighted by atomic mass is 9.75. The number of aromatic amines is 1. The molecule has 1 saturated carbocycles. The predicted molar refractivity (Wildman–Crippen MR) is 229 cm³/mol. The highest BCUT2D eigenvalue weighted by molar-refractivity contribution is 6.30. The monoisotopic (exact) mass is 858 g/mol. The molecular formula is C49H49F3N6O5. The van der Waals surface area contributed by atoms with E-state index in [4.69, 9.17) is 0 Å². The van der Waals surface area contributed by atoms with Crippen molar-refractivity contribution in [3.8, 4) is 0 Å². The number of hydrogen-bond acceptors (Lipinski definition) is 8. The van der Waals surface area contributed by atoms with Crippen LogP contribution in [0.4, 0.5) is 13.2 Å². The van der Waals surface area contributed by atoms with E-state index in [1.54, 1.807) is 23.2 Å². The molecule has 4 aliphatic heterocycles. The van der Waals surface area contributed by atoms with Gasteiger partial charge in [0.05, 0.1) is 35.6 Å². The number of aromatic nitrogens is 2. The summed E-state index contributed by atoms with van der Waals surface area (Å²) in [5.41, 5.74) is 6.76. The summed E-state index contributed by atoms with van der Waals surface area (Å²) in [5, 5.41) is 1.01. The summed E-state index contributed by atoms with van der Waals surface area (Å²) in [6.45, 7) is 3.51. The molecule has 2 aliphatic carbocycles. The Bertz CT molecular complexity index is 2610. The Morgan fingerprint density at radius 2 is 1.62 bits per heavy atom. The third-order valence-corrected chi connectivity index (χ3v) is 14.5. The zero-order chi connectivity index (χ0) is 43.9. The summed E-state index contributed by atoms with van der Waals surface area (Å²) >= 11 is 0. The van der Waals surface area contributed by atoms with Gasteiger partial charge < -0.3 is 4.98 Å². The van der Waals surface area contributed by atoms with Crippen LogP contribution >= 0.6 is 0 Å². The Labute approximate surface area is 362 Å². The molecule has 14 heteroatoms. The first-order chi connectivity index (χ1) is 30.2. The topological polar surface area (TPSA) is 136 Å². The smallest absolute Gasteiger partial charge is 0.269 e. The number of pyridine rings is 1. The summed E-state index contributed by atoms with van der Waals surface area (Å²) in [6.07, 6.45) is 10.4. The van der Waals surface area contributed by atoms with Crippen LogP contribution in [0.5, 0.6) is 0 Å². The third-order valence-electron chi connectivity index (χ3n) is 14.5. The number of H-pyrrole nitrogens is 1. The number of fused-ring (bicyclic) bond motifs is 5. The number of alkyl halides is 2. The molecule has 0 spiro atoms. The average molecular weight is 859 g/mol. The summed E-state index contributed by atoms with van der Waals surface area (Å²) in [7, 11) is 0. The van der Waals surface area contributed by atoms with E-state index in [1.807, 2.05) is 37.3 Å². The molecule has 2 aromatic heterocycles. The number of amides is 3. The van der Waals surface area contributed by atoms with Crippen LogP contribution in [0.25, 0.3) is 16.5 Å². The van der Waals surface area contributed by atoms with Crippen LogP contribution < -0.4 is 0 Å². The summed E-state index contributed by atoms with van der Waals surface area (Å²) in [6, 6.07) is 10.9. The second kappa shape index (κ2) is 15.9. The first kappa shape index (κ1) is 41.4. The second-order valence-electron chi connectivity index (χ2n) is 18.6. The summed E-state index contributed by atoms with van der Waals surface area (Å²) < 4.78 is 45.5. The molecule has 0 bridgehead atoms. The van der Waals surface area contributed by atoms with Crippen LogP contribution in [-0.4, -0.2) is 90.8 Å². The fourth-order valence-electron chi connectivity index (χ4n) is 11.3. The number of Topliss-reactive ketones (excluding diaryl/α,β-unsaturated/α-hetero) is 2. The van der Waals surface area contributed by atoms with Gasteiger partial charge in [-0.15, -0.1) is 0 Å². The molecule has 2 aromatic carbocycles. The number of carbonyl (C=O) groups excluding carboxylic acids is 5. The van der Waals surface area contributed by atoms with Crippen molar-refractivity contribution >= 4 is 52.0 Å². The van der Waals surface area contributed by atoms with Crippen LogP contribution in [0.2, 0.25) is 0 Å². The number of benzene rings is 2. The van der Waals surface area contributed by atoms with E-state index in [0.717, 1.165) is 76.9 Å². The SMILES string of the molecule is C[C@@H]1Cc2c([nH]c3ccccc23)[C@@H](c2ncc(C3=CCC(C(=O)C4CCC(N5Cc6cc7c(cc6C5)C(=O)N(C5CCC(=O)C=NC5=O)C7=O)CC4)CC3)cc2F)N1CC(C)(F)F. The quantitative estimate of drug-likeness (QED) is 0.177. The van der Waals surface area contributed by atoms with Gasteiger partial charge in [-0.25, -0.2) is 18.2 Å². The summed E-state index contributed by atoms with van der Waals surface area (Å²) in [5.74, 6) is -5.46. The van der Waals surface area contributed by atoms with E-state index in [0.29, 0.717) is 50.0 Å².